The second kappa shape index (κ2) is 8.35. The van der Waals surface area contributed by atoms with Gasteiger partial charge in [0.2, 0.25) is 0 Å². The normalized spacial score (nSPS) is 14.8. The molecule has 0 spiro atoms. The highest BCUT2D eigenvalue weighted by atomic mass is 16.5. The molecule has 1 amide bonds. The van der Waals surface area contributed by atoms with Crippen LogP contribution in [-0.2, 0) is 11.2 Å². The molecule has 2 aromatic carbocycles. The third-order valence-corrected chi connectivity index (χ3v) is 5.19. The van der Waals surface area contributed by atoms with Crippen LogP contribution in [0.4, 0.5) is 11.5 Å². The van der Waals surface area contributed by atoms with E-state index in [2.05, 4.69) is 22.7 Å². The van der Waals surface area contributed by atoms with Crippen LogP contribution in [0.1, 0.15) is 34.5 Å². The van der Waals surface area contributed by atoms with Crippen LogP contribution in [0.2, 0.25) is 0 Å². The highest BCUT2D eigenvalue weighted by Crippen LogP contribution is 2.33. The third-order valence-electron chi connectivity index (χ3n) is 5.19. The number of allylic oxidation sites excluding steroid dienone is 1. The number of anilines is 2. The maximum absolute atomic E-state index is 12.9. The van der Waals surface area contributed by atoms with Crippen molar-refractivity contribution in [3.8, 4) is 5.75 Å². The number of fused-ring (bicyclic) bond motifs is 1. The van der Waals surface area contributed by atoms with Crippen LogP contribution in [0.3, 0.4) is 0 Å². The van der Waals surface area contributed by atoms with E-state index in [4.69, 9.17) is 4.74 Å². The second-order valence-corrected chi connectivity index (χ2v) is 7.08. The van der Waals surface area contributed by atoms with Gasteiger partial charge in [-0.15, -0.1) is 0 Å². The minimum atomic E-state index is -1.12. The number of carbonyl (C=O) groups excluding carboxylic acids is 1. The molecule has 0 aliphatic carbocycles. The Morgan fingerprint density at radius 3 is 2.48 bits per heavy atom. The summed E-state index contributed by atoms with van der Waals surface area (Å²) >= 11 is 0. The number of rotatable bonds is 6. The van der Waals surface area contributed by atoms with Gasteiger partial charge in [0, 0.05) is 5.69 Å². The highest BCUT2D eigenvalue weighted by molar-refractivity contribution is 6.08. The summed E-state index contributed by atoms with van der Waals surface area (Å²) in [5, 5.41) is 19.6. The zero-order valence-electron chi connectivity index (χ0n) is 17.1. The van der Waals surface area contributed by atoms with Crippen LogP contribution in [0.5, 0.6) is 5.75 Å². The van der Waals surface area contributed by atoms with E-state index in [1.807, 2.05) is 36.4 Å². The average molecular weight is 418 g/mol. The molecule has 158 valence electrons. The molecule has 1 aromatic heterocycles. The molecule has 0 bridgehead atoms. The summed E-state index contributed by atoms with van der Waals surface area (Å²) in [6.45, 7) is 2.06. The second-order valence-electron chi connectivity index (χ2n) is 7.08. The Morgan fingerprint density at radius 1 is 1.16 bits per heavy atom. The number of carboxylic acid groups (broad SMARTS) is 1. The van der Waals surface area contributed by atoms with Crippen molar-refractivity contribution in [1.29, 1.82) is 0 Å². The Bertz CT molecular complexity index is 1150. The summed E-state index contributed by atoms with van der Waals surface area (Å²) in [6, 6.07) is 14.4. The van der Waals surface area contributed by atoms with E-state index >= 15 is 0 Å². The molecule has 31 heavy (non-hydrogen) atoms. The van der Waals surface area contributed by atoms with E-state index in [1.54, 1.807) is 30.0 Å². The van der Waals surface area contributed by atoms with Crippen molar-refractivity contribution < 1.29 is 19.4 Å². The van der Waals surface area contributed by atoms with Crippen LogP contribution in [0, 0.1) is 0 Å². The van der Waals surface area contributed by atoms with Crippen molar-refractivity contribution >= 4 is 23.4 Å². The van der Waals surface area contributed by atoms with Gasteiger partial charge in [0.25, 0.3) is 5.91 Å². The molecule has 0 radical (unpaired) electrons. The Morgan fingerprint density at radius 2 is 1.87 bits per heavy atom. The largest absolute Gasteiger partial charge is 0.497 e. The minimum absolute atomic E-state index is 0.0184. The SMILES string of the molecule is CCc1ccc(NC(=O)c2cnn3c2NC(C(=O)O)=C[C@H]3c2ccc(OC)cc2)cc1. The number of hydrogen-bond acceptors (Lipinski definition) is 5. The number of methoxy groups -OCH3 is 1. The number of nitrogens with one attached hydrogen (secondary N) is 2. The lowest BCUT2D eigenvalue weighted by Gasteiger charge is -2.24. The zero-order valence-corrected chi connectivity index (χ0v) is 17.1. The molecule has 0 saturated heterocycles. The van der Waals surface area contributed by atoms with Crippen LogP contribution in [0.25, 0.3) is 0 Å². The van der Waals surface area contributed by atoms with Crippen molar-refractivity contribution in [2.75, 3.05) is 17.7 Å². The number of aromatic nitrogens is 2. The summed E-state index contributed by atoms with van der Waals surface area (Å²) in [4.78, 5) is 24.6. The summed E-state index contributed by atoms with van der Waals surface area (Å²) in [6.07, 6.45) is 3.91. The van der Waals surface area contributed by atoms with Crippen LogP contribution >= 0.6 is 0 Å². The standard InChI is InChI=1S/C23H22N4O4/c1-3-14-4-8-16(9-5-14)25-22(28)18-13-24-27-20(12-19(23(29)30)26-21(18)27)15-6-10-17(31-2)11-7-15/h4-13,20,26H,3H2,1-2H3,(H,25,28)(H,29,30)/t20-/m0/s1. The molecule has 8 heteroatoms. The number of carboxylic acids is 1. The number of carbonyl (C=O) groups is 2. The smallest absolute Gasteiger partial charge is 0.352 e. The molecule has 8 nitrogen and oxygen atoms in total. The fourth-order valence-electron chi connectivity index (χ4n) is 3.45. The summed E-state index contributed by atoms with van der Waals surface area (Å²) in [5.41, 5.74) is 2.87. The van der Waals surface area contributed by atoms with Gasteiger partial charge in [-0.2, -0.15) is 5.10 Å². The first-order valence-corrected chi connectivity index (χ1v) is 9.84. The van der Waals surface area contributed by atoms with E-state index in [1.165, 1.54) is 11.8 Å². The van der Waals surface area contributed by atoms with E-state index in [0.29, 0.717) is 17.3 Å². The molecule has 0 fully saturated rings. The molecular formula is C23H22N4O4. The lowest BCUT2D eigenvalue weighted by atomic mass is 10.0. The molecular weight excluding hydrogens is 396 g/mol. The first-order valence-electron chi connectivity index (χ1n) is 9.84. The number of aliphatic carboxylic acids is 1. The van der Waals surface area contributed by atoms with Gasteiger partial charge < -0.3 is 20.5 Å². The lowest BCUT2D eigenvalue weighted by Crippen LogP contribution is -2.25. The maximum Gasteiger partial charge on any atom is 0.352 e. The van der Waals surface area contributed by atoms with Gasteiger partial charge in [-0.1, -0.05) is 31.2 Å². The predicted octanol–water partition coefficient (Wildman–Crippen LogP) is 3.69. The van der Waals surface area contributed by atoms with Gasteiger partial charge in [0.05, 0.1) is 19.3 Å². The molecule has 3 N–H and O–H groups in total. The number of nitrogens with zero attached hydrogens (tertiary/aromatic N) is 2. The van der Waals surface area contributed by atoms with Crippen molar-refractivity contribution in [2.45, 2.75) is 19.4 Å². The van der Waals surface area contributed by atoms with Crippen LogP contribution in [-0.4, -0.2) is 33.9 Å². The topological polar surface area (TPSA) is 105 Å². The Balaban J connectivity index is 1.67. The van der Waals surface area contributed by atoms with Crippen molar-refractivity contribution in [2.24, 2.45) is 0 Å². The molecule has 0 unspecified atom stereocenters. The molecule has 1 aliphatic rings. The third kappa shape index (κ3) is 4.00. The van der Waals surface area contributed by atoms with E-state index in [0.717, 1.165) is 12.0 Å². The predicted molar refractivity (Wildman–Crippen MR) is 116 cm³/mol. The molecule has 0 saturated carbocycles. The number of benzene rings is 2. The number of amides is 1. The molecule has 1 atom stereocenters. The number of aryl methyl sites for hydroxylation is 1. The van der Waals surface area contributed by atoms with Crippen LogP contribution < -0.4 is 15.4 Å². The number of ether oxygens (including phenoxy) is 1. The van der Waals surface area contributed by atoms with Gasteiger partial charge in [-0.25, -0.2) is 9.48 Å². The summed E-state index contributed by atoms with van der Waals surface area (Å²) < 4.78 is 6.80. The van der Waals surface area contributed by atoms with E-state index < -0.39 is 12.0 Å². The maximum atomic E-state index is 12.9. The van der Waals surface area contributed by atoms with Gasteiger partial charge in [-0.3, -0.25) is 4.79 Å². The zero-order chi connectivity index (χ0) is 22.0. The first-order chi connectivity index (χ1) is 15.0. The Labute approximate surface area is 179 Å². The highest BCUT2D eigenvalue weighted by Gasteiger charge is 2.29. The molecule has 4 rings (SSSR count). The lowest BCUT2D eigenvalue weighted by molar-refractivity contribution is -0.132. The fourth-order valence-corrected chi connectivity index (χ4v) is 3.45. The monoisotopic (exact) mass is 418 g/mol. The van der Waals surface area contributed by atoms with Gasteiger partial charge in [0.15, 0.2) is 0 Å². The Hall–Kier alpha value is -4.07. The summed E-state index contributed by atoms with van der Waals surface area (Å²) in [5.74, 6) is -0.482. The molecule has 3 aromatic rings. The van der Waals surface area contributed by atoms with Crippen LogP contribution in [0.15, 0.2) is 66.5 Å². The fraction of sp³-hybridized carbons (Fsp3) is 0.174. The van der Waals surface area contributed by atoms with Crippen molar-refractivity contribution in [3.05, 3.63) is 83.2 Å². The minimum Gasteiger partial charge on any atom is -0.497 e. The van der Waals surface area contributed by atoms with Gasteiger partial charge >= 0.3 is 5.97 Å². The molecule has 1 aliphatic heterocycles. The summed E-state index contributed by atoms with van der Waals surface area (Å²) in [7, 11) is 1.58. The molecule has 2 heterocycles. The van der Waals surface area contributed by atoms with E-state index in [-0.39, 0.29) is 17.2 Å². The van der Waals surface area contributed by atoms with Crippen molar-refractivity contribution in [3.63, 3.8) is 0 Å². The number of hydrogen-bond donors (Lipinski definition) is 3. The van der Waals surface area contributed by atoms with Gasteiger partial charge in [0.1, 0.15) is 22.8 Å². The average Bonchev–Trinajstić information content (AvgIpc) is 3.23. The van der Waals surface area contributed by atoms with Gasteiger partial charge in [-0.05, 0) is 47.9 Å². The quantitative estimate of drug-likeness (QED) is 0.564. The first kappa shape index (κ1) is 20.2. The van der Waals surface area contributed by atoms with Crippen molar-refractivity contribution in [1.82, 2.24) is 9.78 Å². The van der Waals surface area contributed by atoms with E-state index in [9.17, 15) is 14.7 Å². The Kier molecular flexibility index (Phi) is 5.44.